The molecule has 0 aromatic rings. The first-order valence-electron chi connectivity index (χ1n) is 26.1. The highest BCUT2D eigenvalue weighted by Crippen LogP contribution is 2.11. The molecule has 0 N–H and O–H groups in total. The molecule has 0 rings (SSSR count). The van der Waals surface area contributed by atoms with Crippen molar-refractivity contribution in [3.63, 3.8) is 0 Å². The van der Waals surface area contributed by atoms with Gasteiger partial charge in [0, 0.05) is 19.3 Å². The van der Waals surface area contributed by atoms with E-state index < -0.39 is 12.1 Å². The summed E-state index contributed by atoms with van der Waals surface area (Å²) in [5.74, 6) is -1.10. The maximum absolute atomic E-state index is 12.8. The molecule has 0 aromatic heterocycles. The molecule has 0 saturated carbocycles. The van der Waals surface area contributed by atoms with Crippen molar-refractivity contribution < 1.29 is 28.6 Å². The van der Waals surface area contributed by atoms with Gasteiger partial charge in [-0.1, -0.05) is 230 Å². The monoisotopic (exact) mass is 921 g/mol. The van der Waals surface area contributed by atoms with Crippen molar-refractivity contribution in [2.75, 3.05) is 13.2 Å². The van der Waals surface area contributed by atoms with E-state index in [0.717, 1.165) is 89.9 Å². The Labute approximate surface area is 409 Å². The molecular formula is C61H92O6. The number of allylic oxidation sites excluding steroid dienone is 26. The number of unbranched alkanes of at least 4 members (excludes halogenated alkanes) is 13. The average Bonchev–Trinajstić information content (AvgIpc) is 3.33. The number of ether oxygens (including phenoxy) is 3. The van der Waals surface area contributed by atoms with Crippen LogP contribution in [0.2, 0.25) is 0 Å². The van der Waals surface area contributed by atoms with Crippen molar-refractivity contribution in [3.05, 3.63) is 158 Å². The number of hydrogen-bond donors (Lipinski definition) is 0. The third-order valence-electron chi connectivity index (χ3n) is 10.2. The molecule has 0 aliphatic carbocycles. The average molecular weight is 921 g/mol. The lowest BCUT2D eigenvalue weighted by molar-refractivity contribution is -0.166. The van der Waals surface area contributed by atoms with Crippen LogP contribution in [0.4, 0.5) is 0 Å². The zero-order valence-electron chi connectivity index (χ0n) is 42.3. The second kappa shape index (κ2) is 53.6. The SMILES string of the molecule is CC\C=C/C=C\C=C/C=C\C=C\C=C/C=C\CCCCCC(=O)OCC(COC(=O)CCCCC/C=C\CCCCCCCCC)OC(=O)CC/C=C\C/C=C\C/C=C\C/C=C\C/C=C\CC. The molecule has 0 fully saturated rings. The van der Waals surface area contributed by atoms with Crippen LogP contribution in [-0.4, -0.2) is 37.2 Å². The third kappa shape index (κ3) is 51.9. The molecule has 0 bridgehead atoms. The van der Waals surface area contributed by atoms with Gasteiger partial charge in [0.25, 0.3) is 0 Å². The van der Waals surface area contributed by atoms with Crippen LogP contribution in [0.5, 0.6) is 0 Å². The first-order valence-corrected chi connectivity index (χ1v) is 26.1. The second-order valence-corrected chi connectivity index (χ2v) is 16.5. The summed E-state index contributed by atoms with van der Waals surface area (Å²) in [5, 5.41) is 0. The molecule has 1 atom stereocenters. The van der Waals surface area contributed by atoms with Crippen molar-refractivity contribution in [3.8, 4) is 0 Å². The number of carbonyl (C=O) groups is 3. The smallest absolute Gasteiger partial charge is 0.306 e. The molecule has 0 heterocycles. The summed E-state index contributed by atoms with van der Waals surface area (Å²) in [5.41, 5.74) is 0. The number of rotatable bonds is 44. The fourth-order valence-electron chi connectivity index (χ4n) is 6.35. The minimum Gasteiger partial charge on any atom is -0.462 e. The Morgan fingerprint density at radius 2 is 0.687 bits per heavy atom. The molecule has 0 aliphatic heterocycles. The van der Waals surface area contributed by atoms with Crippen LogP contribution in [0.15, 0.2) is 158 Å². The zero-order valence-corrected chi connectivity index (χ0v) is 42.3. The minimum atomic E-state index is -0.850. The van der Waals surface area contributed by atoms with Gasteiger partial charge in [0.1, 0.15) is 13.2 Å². The van der Waals surface area contributed by atoms with Crippen LogP contribution in [0.3, 0.4) is 0 Å². The lowest BCUT2D eigenvalue weighted by Crippen LogP contribution is -2.30. The second-order valence-electron chi connectivity index (χ2n) is 16.5. The van der Waals surface area contributed by atoms with Gasteiger partial charge in [-0.2, -0.15) is 0 Å². The molecule has 0 radical (unpaired) electrons. The standard InChI is InChI=1S/C61H92O6/c1-4-7-10-13-16-19-22-25-28-30-31-32-34-36-39-42-45-48-51-54-60(63)66-57-58(56-65-59(62)53-50-47-44-41-38-35-27-24-21-18-15-12-9-6-3)67-61(64)55-52-49-46-43-40-37-33-29-26-23-20-17-14-11-8-5-2/h7-8,10-11,13,16-17,19-20,22,25-26,28-32,34-40,46,49,58H,4-6,9,12,14-15,18,21,23-24,27,33,41-45,47-48,50-57H2,1-3H3/b10-7-,11-8-,16-13-,20-17-,22-19-,28-25-,29-26-,31-30+,34-32-,38-35-,39-36-,40-37-,49-46-. The lowest BCUT2D eigenvalue weighted by Gasteiger charge is -2.18. The predicted octanol–water partition coefficient (Wildman–Crippen LogP) is 17.4. The fraction of sp³-hybridized carbons (Fsp3) is 0.525. The van der Waals surface area contributed by atoms with E-state index in [2.05, 4.69) is 93.7 Å². The Morgan fingerprint density at radius 1 is 0.328 bits per heavy atom. The van der Waals surface area contributed by atoms with E-state index in [4.69, 9.17) is 14.2 Å². The van der Waals surface area contributed by atoms with Gasteiger partial charge in [0.05, 0.1) is 0 Å². The Morgan fingerprint density at radius 3 is 1.15 bits per heavy atom. The Kier molecular flexibility index (Phi) is 49.7. The highest BCUT2D eigenvalue weighted by atomic mass is 16.6. The van der Waals surface area contributed by atoms with Crippen molar-refractivity contribution in [2.24, 2.45) is 0 Å². The normalized spacial score (nSPS) is 13.4. The number of hydrogen-bond acceptors (Lipinski definition) is 6. The minimum absolute atomic E-state index is 0.138. The van der Waals surface area contributed by atoms with E-state index in [1.807, 2.05) is 85.1 Å². The van der Waals surface area contributed by atoms with Crippen molar-refractivity contribution in [2.45, 2.75) is 194 Å². The van der Waals surface area contributed by atoms with Gasteiger partial charge in [-0.25, -0.2) is 0 Å². The van der Waals surface area contributed by atoms with Crippen molar-refractivity contribution >= 4 is 17.9 Å². The molecule has 6 nitrogen and oxygen atoms in total. The third-order valence-corrected chi connectivity index (χ3v) is 10.2. The van der Waals surface area contributed by atoms with Crippen LogP contribution in [-0.2, 0) is 28.6 Å². The van der Waals surface area contributed by atoms with E-state index in [-0.39, 0.29) is 38.0 Å². The maximum Gasteiger partial charge on any atom is 0.306 e. The topological polar surface area (TPSA) is 78.9 Å². The van der Waals surface area contributed by atoms with E-state index in [1.54, 1.807) is 0 Å². The first kappa shape index (κ1) is 62.0. The van der Waals surface area contributed by atoms with Gasteiger partial charge in [-0.05, 0) is 96.3 Å². The zero-order chi connectivity index (χ0) is 48.6. The fourth-order valence-corrected chi connectivity index (χ4v) is 6.35. The Bertz CT molecular complexity index is 1570. The van der Waals surface area contributed by atoms with Crippen molar-refractivity contribution in [1.29, 1.82) is 0 Å². The van der Waals surface area contributed by atoms with Gasteiger partial charge in [-0.3, -0.25) is 14.4 Å². The summed E-state index contributed by atoms with van der Waals surface area (Å²) in [6.07, 6.45) is 78.0. The van der Waals surface area contributed by atoms with Gasteiger partial charge in [0.2, 0.25) is 0 Å². The molecule has 0 spiro atoms. The lowest BCUT2D eigenvalue weighted by atomic mass is 10.1. The largest absolute Gasteiger partial charge is 0.462 e. The van der Waals surface area contributed by atoms with Crippen LogP contribution < -0.4 is 0 Å². The maximum atomic E-state index is 12.8. The number of carbonyl (C=O) groups excluding carboxylic acids is 3. The summed E-state index contributed by atoms with van der Waals surface area (Å²) >= 11 is 0. The van der Waals surface area contributed by atoms with Crippen molar-refractivity contribution in [1.82, 2.24) is 0 Å². The quantitative estimate of drug-likeness (QED) is 0.0199. The van der Waals surface area contributed by atoms with E-state index in [0.29, 0.717) is 19.3 Å². The molecule has 0 aromatic carbocycles. The van der Waals surface area contributed by atoms with Gasteiger partial charge in [-0.15, -0.1) is 0 Å². The van der Waals surface area contributed by atoms with Gasteiger partial charge >= 0.3 is 17.9 Å². The molecular weight excluding hydrogens is 829 g/mol. The predicted molar refractivity (Wildman–Crippen MR) is 288 cm³/mol. The highest BCUT2D eigenvalue weighted by molar-refractivity contribution is 5.71. The summed E-state index contributed by atoms with van der Waals surface area (Å²) in [6.45, 7) is 6.23. The summed E-state index contributed by atoms with van der Waals surface area (Å²) in [7, 11) is 0. The summed E-state index contributed by atoms with van der Waals surface area (Å²) in [4.78, 5) is 38.0. The molecule has 372 valence electrons. The van der Waals surface area contributed by atoms with Gasteiger partial charge in [0.15, 0.2) is 6.10 Å². The molecule has 0 saturated heterocycles. The van der Waals surface area contributed by atoms with Crippen LogP contribution in [0.1, 0.15) is 188 Å². The van der Waals surface area contributed by atoms with Crippen LogP contribution >= 0.6 is 0 Å². The first-order chi connectivity index (χ1) is 33.0. The van der Waals surface area contributed by atoms with Crippen LogP contribution in [0, 0.1) is 0 Å². The van der Waals surface area contributed by atoms with Gasteiger partial charge < -0.3 is 14.2 Å². The van der Waals surface area contributed by atoms with E-state index in [9.17, 15) is 14.4 Å². The molecule has 0 amide bonds. The molecule has 6 heteroatoms. The molecule has 67 heavy (non-hydrogen) atoms. The van der Waals surface area contributed by atoms with E-state index >= 15 is 0 Å². The summed E-state index contributed by atoms with van der Waals surface area (Å²) < 4.78 is 16.7. The number of esters is 3. The van der Waals surface area contributed by atoms with Crippen LogP contribution in [0.25, 0.3) is 0 Å². The Hall–Kier alpha value is -4.97. The van der Waals surface area contributed by atoms with E-state index in [1.165, 1.54) is 44.9 Å². The summed E-state index contributed by atoms with van der Waals surface area (Å²) in [6, 6.07) is 0. The Balaban J connectivity index is 4.66. The highest BCUT2D eigenvalue weighted by Gasteiger charge is 2.19. The molecule has 1 unspecified atom stereocenters. The molecule has 0 aliphatic rings.